The maximum absolute atomic E-state index is 10.9. The van der Waals surface area contributed by atoms with E-state index < -0.39 is 26.3 Å². The minimum atomic E-state index is -4.25. The fraction of sp³-hybridized carbons (Fsp3) is 0.615. The van der Waals surface area contributed by atoms with Crippen LogP contribution < -0.4 is 5.73 Å². The number of hydrogen-bond acceptors (Lipinski definition) is 8. The first-order valence-electron chi connectivity index (χ1n) is 7.61. The maximum atomic E-state index is 10.9. The molecule has 0 aromatic carbocycles. The molecular weight excluding hydrogens is 353 g/mol. The van der Waals surface area contributed by atoms with E-state index in [0.717, 1.165) is 0 Å². The van der Waals surface area contributed by atoms with Crippen molar-refractivity contribution in [2.24, 2.45) is 0 Å². The van der Waals surface area contributed by atoms with E-state index in [9.17, 15) is 4.57 Å². The second-order valence-electron chi connectivity index (χ2n) is 5.27. The van der Waals surface area contributed by atoms with E-state index >= 15 is 0 Å². The summed E-state index contributed by atoms with van der Waals surface area (Å²) in [6.45, 7) is 4.27. The summed E-state index contributed by atoms with van der Waals surface area (Å²) < 4.78 is 28.8. The zero-order valence-electron chi connectivity index (χ0n) is 14.0. The van der Waals surface area contributed by atoms with Crippen molar-refractivity contribution in [3.63, 3.8) is 0 Å². The number of nitrogen functional groups attached to an aromatic ring is 1. The van der Waals surface area contributed by atoms with E-state index in [4.69, 9.17) is 29.7 Å². The molecule has 0 saturated carbocycles. The number of ether oxygens (including phenoxy) is 3. The molecule has 2 aromatic rings. The third-order valence-corrected chi connectivity index (χ3v) is 3.70. The van der Waals surface area contributed by atoms with Gasteiger partial charge in [0.1, 0.15) is 24.3 Å². The van der Waals surface area contributed by atoms with Gasteiger partial charge >= 0.3 is 7.60 Å². The first-order valence-corrected chi connectivity index (χ1v) is 9.40. The zero-order chi connectivity index (χ0) is 18.4. The number of fused-ring (bicyclic) bond motifs is 1. The average Bonchev–Trinajstić information content (AvgIpc) is 2.90. The van der Waals surface area contributed by atoms with Gasteiger partial charge < -0.3 is 34.3 Å². The molecule has 0 saturated heterocycles. The molecule has 12 heteroatoms. The Morgan fingerprint density at radius 2 is 2.12 bits per heavy atom. The monoisotopic (exact) mass is 375 g/mol. The molecule has 2 aromatic heterocycles. The van der Waals surface area contributed by atoms with Gasteiger partial charge in [-0.15, -0.1) is 0 Å². The summed E-state index contributed by atoms with van der Waals surface area (Å²) in [5.41, 5.74) is 6.75. The maximum Gasteiger partial charge on any atom is 0.350 e. The third kappa shape index (κ3) is 5.99. The number of rotatable bonds is 10. The smallest absolute Gasteiger partial charge is 0.350 e. The van der Waals surface area contributed by atoms with Crippen LogP contribution >= 0.6 is 7.60 Å². The van der Waals surface area contributed by atoms with Crippen LogP contribution in [0.5, 0.6) is 0 Å². The highest BCUT2D eigenvalue weighted by Gasteiger charge is 2.20. The van der Waals surface area contributed by atoms with E-state index in [1.54, 1.807) is 17.8 Å². The minimum Gasteiger partial charge on any atom is -0.382 e. The molecule has 4 N–H and O–H groups in total. The number of nitrogens with zero attached hydrogens (tertiary/aromatic N) is 4. The van der Waals surface area contributed by atoms with Crippen LogP contribution in [0.3, 0.4) is 0 Å². The molecule has 0 aliphatic rings. The van der Waals surface area contributed by atoms with E-state index in [-0.39, 0.29) is 19.0 Å². The standard InChI is InChI=1S/C13H22N5O6P/c1-3-23-9(2)24-10(5-22-8-25(19,20)21)4-18-7-17-11-12(14)15-6-16-13(11)18/h6-7,9-10H,3-5,8H2,1-2H3,(H2,14,15,16)(H2,19,20,21). The molecular formula is C13H22N5O6P. The van der Waals surface area contributed by atoms with Crippen LogP contribution in [0.25, 0.3) is 11.2 Å². The highest BCUT2D eigenvalue weighted by Crippen LogP contribution is 2.33. The Bertz CT molecular complexity index is 735. The SMILES string of the molecule is CCOC(C)OC(COCP(=O)(O)O)Cn1cnc2c(N)ncnc21. The highest BCUT2D eigenvalue weighted by molar-refractivity contribution is 7.51. The van der Waals surface area contributed by atoms with Gasteiger partial charge in [-0.1, -0.05) is 0 Å². The predicted molar refractivity (Wildman–Crippen MR) is 88.6 cm³/mol. The molecule has 2 rings (SSSR count). The average molecular weight is 375 g/mol. The number of anilines is 1. The van der Waals surface area contributed by atoms with Gasteiger partial charge in [-0.2, -0.15) is 0 Å². The van der Waals surface area contributed by atoms with Crippen LogP contribution in [0.2, 0.25) is 0 Å². The van der Waals surface area contributed by atoms with Crippen molar-refractivity contribution in [1.82, 2.24) is 19.5 Å². The fourth-order valence-corrected chi connectivity index (χ4v) is 2.58. The van der Waals surface area contributed by atoms with Crippen LogP contribution in [-0.4, -0.2) is 61.3 Å². The second kappa shape index (κ2) is 8.65. The van der Waals surface area contributed by atoms with Gasteiger partial charge in [0.05, 0.1) is 19.5 Å². The number of aromatic nitrogens is 4. The second-order valence-corrected chi connectivity index (χ2v) is 6.86. The van der Waals surface area contributed by atoms with Crippen molar-refractivity contribution in [1.29, 1.82) is 0 Å². The highest BCUT2D eigenvalue weighted by atomic mass is 31.2. The van der Waals surface area contributed by atoms with Crippen molar-refractivity contribution < 1.29 is 28.6 Å². The third-order valence-electron chi connectivity index (χ3n) is 3.18. The van der Waals surface area contributed by atoms with E-state index in [1.165, 1.54) is 6.33 Å². The first-order chi connectivity index (χ1) is 11.8. The lowest BCUT2D eigenvalue weighted by Gasteiger charge is -2.23. The van der Waals surface area contributed by atoms with Crippen molar-refractivity contribution in [3.8, 4) is 0 Å². The molecule has 0 amide bonds. The van der Waals surface area contributed by atoms with Crippen molar-refractivity contribution in [3.05, 3.63) is 12.7 Å². The van der Waals surface area contributed by atoms with Gasteiger partial charge in [0, 0.05) is 6.61 Å². The van der Waals surface area contributed by atoms with E-state index in [2.05, 4.69) is 15.0 Å². The Hall–Kier alpha value is -1.62. The normalized spacial score (nSPS) is 14.7. The largest absolute Gasteiger partial charge is 0.382 e. The molecule has 2 heterocycles. The molecule has 0 aliphatic heterocycles. The van der Waals surface area contributed by atoms with Gasteiger partial charge in [-0.3, -0.25) is 4.57 Å². The van der Waals surface area contributed by atoms with Gasteiger partial charge in [0.15, 0.2) is 17.8 Å². The molecule has 0 fully saturated rings. The quantitative estimate of drug-likeness (QED) is 0.391. The summed E-state index contributed by atoms with van der Waals surface area (Å²) in [5, 5.41) is 0. The van der Waals surface area contributed by atoms with Crippen LogP contribution in [-0.2, 0) is 25.3 Å². The Balaban J connectivity index is 2.10. The van der Waals surface area contributed by atoms with Crippen LogP contribution in [0.1, 0.15) is 13.8 Å². The summed E-state index contributed by atoms with van der Waals surface area (Å²) in [6, 6.07) is 0. The van der Waals surface area contributed by atoms with E-state index in [0.29, 0.717) is 17.8 Å². The first kappa shape index (κ1) is 19.7. The molecule has 0 radical (unpaired) electrons. The van der Waals surface area contributed by atoms with Gasteiger partial charge in [0.2, 0.25) is 0 Å². The topological polar surface area (TPSA) is 155 Å². The molecule has 0 bridgehead atoms. The summed E-state index contributed by atoms with van der Waals surface area (Å²) in [4.78, 5) is 30.0. The molecule has 0 spiro atoms. The Morgan fingerprint density at radius 3 is 2.80 bits per heavy atom. The lowest BCUT2D eigenvalue weighted by Crippen LogP contribution is -2.30. The Morgan fingerprint density at radius 1 is 1.36 bits per heavy atom. The van der Waals surface area contributed by atoms with Crippen molar-refractivity contribution in [2.75, 3.05) is 25.3 Å². The zero-order valence-corrected chi connectivity index (χ0v) is 14.9. The van der Waals surface area contributed by atoms with Gasteiger partial charge in [-0.25, -0.2) is 15.0 Å². The number of nitrogens with two attached hydrogens (primary N) is 1. The number of imidazole rings is 1. The minimum absolute atomic E-state index is 0.0389. The molecule has 2 atom stereocenters. The molecule has 11 nitrogen and oxygen atoms in total. The van der Waals surface area contributed by atoms with Crippen LogP contribution in [0, 0.1) is 0 Å². The molecule has 0 aliphatic carbocycles. The van der Waals surface area contributed by atoms with Gasteiger partial charge in [0.25, 0.3) is 0 Å². The lowest BCUT2D eigenvalue weighted by atomic mass is 10.3. The fourth-order valence-electron chi connectivity index (χ4n) is 2.23. The van der Waals surface area contributed by atoms with Crippen molar-refractivity contribution >= 4 is 24.6 Å². The molecule has 2 unspecified atom stereocenters. The Kier molecular flexibility index (Phi) is 6.82. The summed E-state index contributed by atoms with van der Waals surface area (Å²) >= 11 is 0. The Labute approximate surface area is 144 Å². The summed E-state index contributed by atoms with van der Waals surface area (Å²) in [5.74, 6) is 0.265. The summed E-state index contributed by atoms with van der Waals surface area (Å²) in [7, 11) is -4.25. The number of hydrogen-bond donors (Lipinski definition) is 3. The van der Waals surface area contributed by atoms with Gasteiger partial charge in [-0.05, 0) is 13.8 Å². The van der Waals surface area contributed by atoms with E-state index in [1.807, 2.05) is 6.92 Å². The summed E-state index contributed by atoms with van der Waals surface area (Å²) in [6.07, 6.45) is 1.14. The predicted octanol–water partition coefficient (Wildman–Crippen LogP) is 0.328. The van der Waals surface area contributed by atoms with Crippen LogP contribution in [0.15, 0.2) is 12.7 Å². The molecule has 25 heavy (non-hydrogen) atoms. The van der Waals surface area contributed by atoms with Crippen LogP contribution in [0.4, 0.5) is 5.82 Å². The van der Waals surface area contributed by atoms with Crippen molar-refractivity contribution in [2.45, 2.75) is 32.8 Å². The lowest BCUT2D eigenvalue weighted by molar-refractivity contribution is -0.171. The molecule has 140 valence electrons.